The average Bonchev–Trinajstić information content (AvgIpc) is 3.20. The molecule has 1 aliphatic carbocycles. The van der Waals surface area contributed by atoms with E-state index in [1.807, 2.05) is 39.0 Å². The van der Waals surface area contributed by atoms with Gasteiger partial charge in [-0.15, -0.1) is 0 Å². The number of piperidine rings is 1. The van der Waals surface area contributed by atoms with Crippen LogP contribution >= 0.6 is 0 Å². The molecule has 182 valence electrons. The fraction of sp³-hybridized carbons (Fsp3) is 0.481. The second kappa shape index (κ2) is 10.1. The van der Waals surface area contributed by atoms with Crippen molar-refractivity contribution in [3.05, 3.63) is 59.8 Å². The van der Waals surface area contributed by atoms with Crippen LogP contribution < -0.4 is 5.32 Å². The van der Waals surface area contributed by atoms with Gasteiger partial charge in [-0.25, -0.2) is 9.59 Å². The second-order valence-corrected chi connectivity index (χ2v) is 10.0. The summed E-state index contributed by atoms with van der Waals surface area (Å²) < 4.78 is 12.8. The van der Waals surface area contributed by atoms with E-state index in [0.29, 0.717) is 18.7 Å². The molecule has 0 spiro atoms. The molecule has 1 fully saturated rings. The Morgan fingerprint density at radius 3 is 2.74 bits per heavy atom. The van der Waals surface area contributed by atoms with Crippen LogP contribution in [0.15, 0.2) is 48.7 Å². The van der Waals surface area contributed by atoms with Crippen LogP contribution in [0.25, 0.3) is 10.9 Å². The fourth-order valence-electron chi connectivity index (χ4n) is 4.65. The molecular formula is C27H35N3O4. The number of fused-ring (bicyclic) bond motifs is 1. The molecule has 7 nitrogen and oxygen atoms in total. The van der Waals surface area contributed by atoms with E-state index in [9.17, 15) is 9.59 Å². The molecule has 2 atom stereocenters. The highest BCUT2D eigenvalue weighted by Crippen LogP contribution is 2.30. The van der Waals surface area contributed by atoms with Gasteiger partial charge in [0.1, 0.15) is 5.60 Å². The van der Waals surface area contributed by atoms with Gasteiger partial charge in [0.15, 0.2) is 0 Å². The second-order valence-electron chi connectivity index (χ2n) is 10.0. The zero-order valence-electron chi connectivity index (χ0n) is 20.5. The van der Waals surface area contributed by atoms with Gasteiger partial charge in [0.2, 0.25) is 0 Å². The summed E-state index contributed by atoms with van der Waals surface area (Å²) in [5.74, 6) is -0.339. The number of likely N-dealkylation sites (tertiary alicyclic amines) is 1. The van der Waals surface area contributed by atoms with Gasteiger partial charge in [0, 0.05) is 42.8 Å². The number of carbonyl (C=O) groups excluding carboxylic acids is 2. The van der Waals surface area contributed by atoms with E-state index in [2.05, 4.69) is 40.4 Å². The summed E-state index contributed by atoms with van der Waals surface area (Å²) in [7, 11) is 1.40. The van der Waals surface area contributed by atoms with Gasteiger partial charge < -0.3 is 24.3 Å². The molecule has 2 aliphatic rings. The zero-order chi connectivity index (χ0) is 24.3. The maximum atomic E-state index is 12.5. The van der Waals surface area contributed by atoms with Gasteiger partial charge in [0.05, 0.1) is 18.7 Å². The first-order valence-corrected chi connectivity index (χ1v) is 12.0. The molecule has 2 aromatic rings. The maximum Gasteiger partial charge on any atom is 0.410 e. The summed E-state index contributed by atoms with van der Waals surface area (Å²) in [6.07, 6.45) is 13.3. The van der Waals surface area contributed by atoms with E-state index >= 15 is 0 Å². The summed E-state index contributed by atoms with van der Waals surface area (Å²) in [5.41, 5.74) is 2.26. The summed E-state index contributed by atoms with van der Waals surface area (Å²) in [6.45, 7) is 7.65. The lowest BCUT2D eigenvalue weighted by Gasteiger charge is -2.34. The molecule has 1 aliphatic heterocycles. The average molecular weight is 466 g/mol. The highest BCUT2D eigenvalue weighted by molar-refractivity contribution is 5.96. The van der Waals surface area contributed by atoms with Crippen molar-refractivity contribution in [3.8, 4) is 0 Å². The maximum absolute atomic E-state index is 12.5. The molecule has 1 saturated heterocycles. The van der Waals surface area contributed by atoms with E-state index in [-0.39, 0.29) is 24.1 Å². The molecule has 1 amide bonds. The molecule has 34 heavy (non-hydrogen) atoms. The first-order valence-electron chi connectivity index (χ1n) is 12.0. The molecule has 2 unspecified atom stereocenters. The highest BCUT2D eigenvalue weighted by Gasteiger charge is 2.27. The van der Waals surface area contributed by atoms with Gasteiger partial charge in [-0.05, 0) is 63.8 Å². The lowest BCUT2D eigenvalue weighted by Crippen LogP contribution is -2.49. The molecule has 1 N–H and O–H groups in total. The van der Waals surface area contributed by atoms with Crippen molar-refractivity contribution in [2.24, 2.45) is 0 Å². The number of rotatable bonds is 5. The van der Waals surface area contributed by atoms with E-state index in [4.69, 9.17) is 9.47 Å². The number of allylic oxidation sites excluding steroid dienone is 4. The van der Waals surface area contributed by atoms with Gasteiger partial charge >= 0.3 is 12.1 Å². The molecule has 0 saturated carbocycles. The lowest BCUT2D eigenvalue weighted by molar-refractivity contribution is 0.0187. The van der Waals surface area contributed by atoms with Crippen LogP contribution in [0.4, 0.5) is 4.79 Å². The quantitative estimate of drug-likeness (QED) is 0.631. The number of benzene rings is 1. The molecule has 2 heterocycles. The number of nitrogens with zero attached hydrogens (tertiary/aromatic N) is 2. The fourth-order valence-corrected chi connectivity index (χ4v) is 4.65. The highest BCUT2D eigenvalue weighted by atomic mass is 16.6. The number of methoxy groups -OCH3 is 1. The number of ether oxygens (including phenoxy) is 2. The third-order valence-corrected chi connectivity index (χ3v) is 6.31. The van der Waals surface area contributed by atoms with Crippen LogP contribution in [0.3, 0.4) is 0 Å². The minimum absolute atomic E-state index is 0.181. The van der Waals surface area contributed by atoms with Crippen molar-refractivity contribution in [2.75, 3.05) is 20.2 Å². The lowest BCUT2D eigenvalue weighted by atomic mass is 10.0. The summed E-state index contributed by atoms with van der Waals surface area (Å²) in [5, 5.41) is 4.69. The van der Waals surface area contributed by atoms with Crippen molar-refractivity contribution < 1.29 is 19.1 Å². The number of hydrogen-bond donors (Lipinski definition) is 1. The molecular weight excluding hydrogens is 430 g/mol. The first kappa shape index (κ1) is 24.1. The number of amides is 1. The van der Waals surface area contributed by atoms with E-state index in [1.165, 1.54) is 7.11 Å². The SMILES string of the molecule is COC(=O)c1ccc2c(c1)c(CNC1CCCN(C(=O)OC(C)(C)C)C1)cn2C1C=CC=CC1. The molecule has 4 rings (SSSR count). The largest absolute Gasteiger partial charge is 0.465 e. The van der Waals surface area contributed by atoms with Crippen molar-refractivity contribution in [1.29, 1.82) is 0 Å². The third kappa shape index (κ3) is 5.53. The summed E-state index contributed by atoms with van der Waals surface area (Å²) >= 11 is 0. The van der Waals surface area contributed by atoms with Crippen LogP contribution in [0.1, 0.15) is 62.0 Å². The molecule has 0 radical (unpaired) electrons. The van der Waals surface area contributed by atoms with Crippen LogP contribution in [0, 0.1) is 0 Å². The minimum atomic E-state index is -0.501. The van der Waals surface area contributed by atoms with Gasteiger partial charge in [-0.1, -0.05) is 24.3 Å². The van der Waals surface area contributed by atoms with Crippen molar-refractivity contribution in [2.45, 2.75) is 64.3 Å². The van der Waals surface area contributed by atoms with Crippen LogP contribution in [-0.2, 0) is 16.0 Å². The summed E-state index contributed by atoms with van der Waals surface area (Å²) in [4.78, 5) is 26.5. The van der Waals surface area contributed by atoms with Gasteiger partial charge in [0.25, 0.3) is 0 Å². The molecule has 1 aromatic carbocycles. The van der Waals surface area contributed by atoms with E-state index in [0.717, 1.165) is 42.3 Å². The molecule has 1 aromatic heterocycles. The number of aromatic nitrogens is 1. The first-order chi connectivity index (χ1) is 16.2. The molecule has 7 heteroatoms. The monoisotopic (exact) mass is 465 g/mol. The van der Waals surface area contributed by atoms with Crippen molar-refractivity contribution >= 4 is 23.0 Å². The predicted octanol–water partition coefficient (Wildman–Crippen LogP) is 4.97. The third-order valence-electron chi connectivity index (χ3n) is 6.31. The number of nitrogens with one attached hydrogen (secondary N) is 1. The predicted molar refractivity (Wildman–Crippen MR) is 133 cm³/mol. The Morgan fingerprint density at radius 1 is 1.21 bits per heavy atom. The smallest absolute Gasteiger partial charge is 0.410 e. The zero-order valence-corrected chi connectivity index (χ0v) is 20.5. The number of hydrogen-bond acceptors (Lipinski definition) is 5. The minimum Gasteiger partial charge on any atom is -0.465 e. The van der Waals surface area contributed by atoms with Gasteiger partial charge in [-0.3, -0.25) is 0 Å². The van der Waals surface area contributed by atoms with Crippen molar-refractivity contribution in [3.63, 3.8) is 0 Å². The Bertz CT molecular complexity index is 1110. The summed E-state index contributed by atoms with van der Waals surface area (Å²) in [6, 6.07) is 6.17. The van der Waals surface area contributed by atoms with Crippen LogP contribution in [0.5, 0.6) is 0 Å². The van der Waals surface area contributed by atoms with E-state index < -0.39 is 5.60 Å². The normalized spacial score (nSPS) is 20.5. The van der Waals surface area contributed by atoms with Gasteiger partial charge in [-0.2, -0.15) is 0 Å². The number of esters is 1. The Hall–Kier alpha value is -3.06. The Labute approximate surface area is 201 Å². The number of carbonyl (C=O) groups is 2. The Balaban J connectivity index is 1.53. The Morgan fingerprint density at radius 2 is 2.03 bits per heavy atom. The van der Waals surface area contributed by atoms with E-state index in [1.54, 1.807) is 4.90 Å². The molecule has 0 bridgehead atoms. The Kier molecular flexibility index (Phi) is 7.12. The standard InChI is InChI=1S/C27H35N3O4/c1-27(2,3)34-26(32)29-14-8-9-21(18-29)28-16-20-17-30(22-10-6-5-7-11-22)24-13-12-19(15-23(20)24)25(31)33-4/h5-7,10,12-13,15,17,21-22,28H,8-9,11,14,16,18H2,1-4H3. The van der Waals surface area contributed by atoms with Crippen molar-refractivity contribution in [1.82, 2.24) is 14.8 Å². The topological polar surface area (TPSA) is 72.8 Å². The van der Waals surface area contributed by atoms with Crippen LogP contribution in [0.2, 0.25) is 0 Å². The van der Waals surface area contributed by atoms with Crippen LogP contribution in [-0.4, -0.2) is 53.4 Å².